The van der Waals surface area contributed by atoms with Crippen molar-refractivity contribution in [2.75, 3.05) is 213 Å². The van der Waals surface area contributed by atoms with Crippen LogP contribution in [0.1, 0.15) is 285 Å². The second-order valence-electron chi connectivity index (χ2n) is 36.0. The predicted molar refractivity (Wildman–Crippen MR) is 550 cm³/mol. The van der Waals surface area contributed by atoms with E-state index < -0.39 is 0 Å². The van der Waals surface area contributed by atoms with Crippen LogP contribution in [0.2, 0.25) is 0 Å². The van der Waals surface area contributed by atoms with Crippen molar-refractivity contribution in [1.82, 2.24) is 19.9 Å². The molecule has 0 unspecified atom stereocenters. The minimum Gasteiger partial charge on any atom is -0.490 e. The van der Waals surface area contributed by atoms with Gasteiger partial charge in [-0.1, -0.05) is 259 Å². The Kier molecular flexibility index (Phi) is 59.2. The molecule has 4 aromatic carbocycles. The van der Waals surface area contributed by atoms with Gasteiger partial charge in [0.1, 0.15) is 26.4 Å². The molecule has 0 amide bonds. The number of ether oxygens (including phenoxy) is 20. The zero-order valence-electron chi connectivity index (χ0n) is 85.1. The SMILES string of the molecule is CCCCCCCCCCCCOc1cc2c(cc1OCCOCCOCCOC)-c1cc3[nH]c(cc4nc(cc5[nH]c(cc-2n1)c1cc(OCCOCCOCCOC)c(OCCCCCCCCCCCC)cc51)-c1cc(OCCCCCCCCCCCC)c(OCCOCCOCCOC)cc1-4)c1cc(OCCOCCOCCOC)c(OCCCCCCCCCCCC)cc31. The lowest BCUT2D eigenvalue weighted by atomic mass is 10.0. The van der Waals surface area contributed by atoms with E-state index in [0.717, 1.165) is 143 Å². The summed E-state index contributed by atoms with van der Waals surface area (Å²) in [4.78, 5) is 19.6. The molecule has 24 heteroatoms. The van der Waals surface area contributed by atoms with Crippen LogP contribution in [0.4, 0.5) is 0 Å². The van der Waals surface area contributed by atoms with Crippen LogP contribution < -0.4 is 37.9 Å². The summed E-state index contributed by atoms with van der Waals surface area (Å²) in [6.07, 6.45) is 48.2. The third kappa shape index (κ3) is 42.5. The van der Waals surface area contributed by atoms with Crippen LogP contribution in [-0.4, -0.2) is 233 Å². The Labute approximate surface area is 815 Å². The van der Waals surface area contributed by atoms with E-state index in [4.69, 9.17) is 105 Å². The van der Waals surface area contributed by atoms with Crippen LogP contribution >= 0.6 is 0 Å². The summed E-state index contributed by atoms with van der Waals surface area (Å²) in [7, 11) is 6.69. The number of aromatic amines is 2. The fourth-order valence-electron chi connectivity index (χ4n) is 17.2. The van der Waals surface area contributed by atoms with Crippen molar-refractivity contribution in [2.45, 2.75) is 285 Å². The normalized spacial score (nSPS) is 11.8. The standard InChI is InChI=1S/C112H174N4O20/c1-9-13-17-21-25-29-33-37-41-45-49-129-105-77-89-93(81-109(105)133-73-69-125-65-61-121-57-53-117-5)101-86-99-91-79-107(131-51-47-43-39-35-31-27-23-19-15-11-3)110(134-74-70-126-66-62-122-58-54-118-6)82-94(91)102(115-99)87-100-92-80-108(132-52-48-44-40-36-32-28-24-20-16-12-4)112(136-76-72-128-68-64-124-60-56-120-8)84-96(92)104(116-100)88-103-95-83-111(135-75-71-127-67-63-123-59-55-119-7)106(78-90(95)98(114-103)85-97(89)113-101)130-50-46-42-38-34-30-26-22-18-14-10-2/h77-88,113,116H,9-76H2,1-8H3. The largest absolute Gasteiger partial charge is 0.490 e. The van der Waals surface area contributed by atoms with Gasteiger partial charge in [0, 0.05) is 94.3 Å². The average molecular weight is 1900 g/mol. The van der Waals surface area contributed by atoms with Gasteiger partial charge in [-0.25, -0.2) is 9.97 Å². The molecule has 0 saturated carbocycles. The number of methoxy groups -OCH3 is 4. The van der Waals surface area contributed by atoms with E-state index in [2.05, 4.69) is 110 Å². The molecular weight excluding hydrogens is 1720 g/mol. The van der Waals surface area contributed by atoms with Gasteiger partial charge in [0.2, 0.25) is 0 Å². The first-order valence-electron chi connectivity index (χ1n) is 53.0. The van der Waals surface area contributed by atoms with Gasteiger partial charge in [-0.05, 0) is 98.5 Å². The molecule has 0 atom stereocenters. The Bertz CT molecular complexity index is 4120. The lowest BCUT2D eigenvalue weighted by Gasteiger charge is -2.15. The molecule has 762 valence electrons. The Morgan fingerprint density at radius 1 is 0.169 bits per heavy atom. The van der Waals surface area contributed by atoms with E-state index >= 15 is 0 Å². The second-order valence-corrected chi connectivity index (χ2v) is 36.0. The number of hydrogen-bond acceptors (Lipinski definition) is 22. The molecule has 0 aliphatic carbocycles. The zero-order valence-corrected chi connectivity index (χ0v) is 85.1. The summed E-state index contributed by atoms with van der Waals surface area (Å²) in [6.45, 7) is 20.9. The zero-order chi connectivity index (χ0) is 95.4. The fourth-order valence-corrected chi connectivity index (χ4v) is 17.2. The van der Waals surface area contributed by atoms with E-state index in [1.165, 1.54) is 180 Å². The number of unbranched alkanes of at least 4 members (excludes halogenated alkanes) is 36. The first kappa shape index (κ1) is 112. The Balaban J connectivity index is 1.26. The second kappa shape index (κ2) is 71.8. The van der Waals surface area contributed by atoms with Gasteiger partial charge in [0.15, 0.2) is 46.0 Å². The van der Waals surface area contributed by atoms with E-state index in [-0.39, 0.29) is 26.4 Å². The highest BCUT2D eigenvalue weighted by molar-refractivity contribution is 6.12. The van der Waals surface area contributed by atoms with Gasteiger partial charge < -0.3 is 105 Å². The van der Waals surface area contributed by atoms with Crippen LogP contribution in [0.15, 0.2) is 72.8 Å². The van der Waals surface area contributed by atoms with Crippen molar-refractivity contribution in [3.8, 4) is 91.0 Å². The number of benzene rings is 4. The minimum atomic E-state index is 0.262. The number of nitrogens with one attached hydrogen (secondary N) is 2. The molecule has 9 rings (SSSR count). The molecule has 0 radical (unpaired) electrons. The smallest absolute Gasteiger partial charge is 0.162 e. The highest BCUT2D eigenvalue weighted by Crippen LogP contribution is 2.49. The summed E-state index contributed by atoms with van der Waals surface area (Å²) in [5.74, 6) is 4.87. The van der Waals surface area contributed by atoms with Gasteiger partial charge in [-0.2, -0.15) is 0 Å². The van der Waals surface area contributed by atoms with Crippen molar-refractivity contribution >= 4 is 43.6 Å². The summed E-state index contributed by atoms with van der Waals surface area (Å²) in [5, 5.41) is 3.55. The number of nitrogens with zero attached hydrogens (tertiary/aromatic N) is 2. The molecule has 136 heavy (non-hydrogen) atoms. The number of rotatable bonds is 88. The summed E-state index contributed by atoms with van der Waals surface area (Å²) in [6, 6.07) is 25.6. The van der Waals surface area contributed by atoms with E-state index in [0.29, 0.717) is 227 Å². The highest BCUT2D eigenvalue weighted by Gasteiger charge is 2.27. The molecule has 0 fully saturated rings. The number of aromatic nitrogens is 4. The van der Waals surface area contributed by atoms with Crippen LogP contribution in [0, 0.1) is 0 Å². The van der Waals surface area contributed by atoms with Gasteiger partial charge in [0.05, 0.1) is 181 Å². The molecule has 2 aliphatic heterocycles. The number of hydrogen-bond donors (Lipinski definition) is 2. The Morgan fingerprint density at radius 3 is 0.507 bits per heavy atom. The first-order valence-corrected chi connectivity index (χ1v) is 53.0. The quantitative estimate of drug-likeness (QED) is 0.0337. The molecule has 0 saturated heterocycles. The average Bonchev–Trinajstić information content (AvgIpc) is 1.59. The lowest BCUT2D eigenvalue weighted by molar-refractivity contribution is 0.0177. The van der Waals surface area contributed by atoms with Gasteiger partial charge in [-0.15, -0.1) is 0 Å². The van der Waals surface area contributed by atoms with Crippen LogP contribution in [0.5, 0.6) is 46.0 Å². The Morgan fingerprint density at radius 2 is 0.324 bits per heavy atom. The van der Waals surface area contributed by atoms with Crippen molar-refractivity contribution in [3.63, 3.8) is 0 Å². The molecule has 5 heterocycles. The van der Waals surface area contributed by atoms with Crippen LogP contribution in [-0.2, 0) is 56.8 Å². The topological polar surface area (TPSA) is 242 Å². The summed E-state index contributed by atoms with van der Waals surface area (Å²) >= 11 is 0. The van der Waals surface area contributed by atoms with Gasteiger partial charge in [-0.3, -0.25) is 0 Å². The van der Waals surface area contributed by atoms with Gasteiger partial charge >= 0.3 is 0 Å². The number of H-pyrrole nitrogens is 2. The summed E-state index contributed by atoms with van der Waals surface area (Å²) in [5.41, 5.74) is 9.41. The van der Waals surface area contributed by atoms with Gasteiger partial charge in [0.25, 0.3) is 0 Å². The fraction of sp³-hybridized carbons (Fsp3) is 0.679. The molecule has 2 N–H and O–H groups in total. The monoisotopic (exact) mass is 1900 g/mol. The molecule has 0 spiro atoms. The minimum absolute atomic E-state index is 0.262. The summed E-state index contributed by atoms with van der Waals surface area (Å²) < 4.78 is 124. The maximum atomic E-state index is 7.00. The number of fused-ring (bicyclic) bond motifs is 20. The third-order valence-corrected chi connectivity index (χ3v) is 24.9. The molecule has 3 aromatic heterocycles. The van der Waals surface area contributed by atoms with Crippen LogP contribution in [0.25, 0.3) is 88.6 Å². The molecule has 8 bridgehead atoms. The van der Waals surface area contributed by atoms with Crippen molar-refractivity contribution in [2.24, 2.45) is 0 Å². The van der Waals surface area contributed by atoms with E-state index in [1.807, 2.05) is 0 Å². The highest BCUT2D eigenvalue weighted by atomic mass is 16.6. The maximum Gasteiger partial charge on any atom is 0.162 e. The van der Waals surface area contributed by atoms with Crippen molar-refractivity contribution in [1.29, 1.82) is 0 Å². The molecule has 7 aromatic rings. The Hall–Kier alpha value is -7.56. The molecular formula is C112H174N4O20. The van der Waals surface area contributed by atoms with E-state index in [9.17, 15) is 0 Å². The van der Waals surface area contributed by atoms with E-state index in [1.54, 1.807) is 28.4 Å². The third-order valence-electron chi connectivity index (χ3n) is 24.9. The van der Waals surface area contributed by atoms with Crippen LogP contribution in [0.3, 0.4) is 0 Å². The van der Waals surface area contributed by atoms with Crippen molar-refractivity contribution in [3.05, 3.63) is 72.8 Å². The predicted octanol–water partition coefficient (Wildman–Crippen LogP) is 26.7. The lowest BCUT2D eigenvalue weighted by Crippen LogP contribution is -2.12. The first-order chi connectivity index (χ1) is 67.3. The van der Waals surface area contributed by atoms with Crippen molar-refractivity contribution < 1.29 is 94.7 Å². The maximum absolute atomic E-state index is 7.00. The molecule has 2 aliphatic rings. The molecule has 24 nitrogen and oxygen atoms in total.